The fraction of sp³-hybridized carbons (Fsp3) is 0.394. The van der Waals surface area contributed by atoms with Gasteiger partial charge in [-0.1, -0.05) is 64.8 Å². The molecule has 6 aromatic rings. The predicted molar refractivity (Wildman–Crippen MR) is 347 cm³/mol. The summed E-state index contributed by atoms with van der Waals surface area (Å²) in [6.45, 7) is 1.93. The van der Waals surface area contributed by atoms with Crippen LogP contribution < -0.4 is 46.0 Å². The van der Waals surface area contributed by atoms with Crippen molar-refractivity contribution in [2.24, 2.45) is 11.7 Å². The monoisotopic (exact) mass is 1390 g/mol. The third-order valence-electron chi connectivity index (χ3n) is 16.8. The molecular weight excluding hydrogens is 1320 g/mol. The number of nitrogens with zero attached hydrogens (tertiary/aromatic N) is 4. The van der Waals surface area contributed by atoms with Gasteiger partial charge in [-0.3, -0.25) is 38.4 Å². The molecule has 9 rings (SSSR count). The van der Waals surface area contributed by atoms with Crippen molar-refractivity contribution in [3.8, 4) is 57.0 Å². The van der Waals surface area contributed by atoms with Crippen LogP contribution in [0.2, 0.25) is 0 Å². The molecule has 15 N–H and O–H groups in total. The number of hydrogen-bond acceptors (Lipinski definition) is 25. The van der Waals surface area contributed by atoms with Crippen LogP contribution in [0.5, 0.6) is 23.0 Å². The smallest absolute Gasteiger partial charge is 0.261 e. The van der Waals surface area contributed by atoms with Crippen LogP contribution in [0.1, 0.15) is 61.9 Å². The van der Waals surface area contributed by atoms with Crippen molar-refractivity contribution < 1.29 is 107 Å². The Labute approximate surface area is 570 Å². The number of aromatic nitrogens is 2. The van der Waals surface area contributed by atoms with Crippen LogP contribution in [-0.2, 0) is 49.4 Å². The van der Waals surface area contributed by atoms with E-state index in [4.69, 9.17) is 29.1 Å². The van der Waals surface area contributed by atoms with Gasteiger partial charge in [-0.15, -0.1) is 10.2 Å². The number of fused-ring (bicyclic) bond motifs is 2. The van der Waals surface area contributed by atoms with Gasteiger partial charge in [0.15, 0.2) is 11.5 Å². The van der Waals surface area contributed by atoms with Gasteiger partial charge in [-0.2, -0.15) is 0 Å². The Bertz CT molecular complexity index is 3780. The van der Waals surface area contributed by atoms with Gasteiger partial charge in [0.2, 0.25) is 53.1 Å². The fourth-order valence-corrected chi connectivity index (χ4v) is 11.8. The zero-order chi connectivity index (χ0) is 71.0. The van der Waals surface area contributed by atoms with Gasteiger partial charge >= 0.3 is 0 Å². The van der Waals surface area contributed by atoms with Crippen molar-refractivity contribution in [1.29, 1.82) is 0 Å². The van der Waals surface area contributed by atoms with Crippen LogP contribution in [0.15, 0.2) is 126 Å². The summed E-state index contributed by atoms with van der Waals surface area (Å²) in [6.07, 6.45) is -12.1. The number of phenols is 1. The standard InChI is InChI=1S/C66H76N10O22S/c1-34-32-76-56(57(34)84)62(89)68-31-42(78)28-46(69-58(85)39-13-17-41(18-14-39)64-74-73-63(95-64)40-15-11-37(12-16-40)38-19-21-45(22-20-38)94-25-7-6-24-93-44-8-4-3-5-9-44)59(86)70-53(35(2)77)65(90)75-33-43(79)29-47(75)60(87)71-54(61(88)72-55(66(76)91)50(82)30-52(67)83)49(81)26-36-10-23-48(80)51(27-36)96-99-98-97-92/h3-5,8-23,27,34-35,42-43,46-47,49-50,53-57,77-82,84,92H,6-7,24-26,28-33H2,1-2H3,(H2,67,83)(H,68,89)(H,69,85)(H,70,86)(H,71,87)(H,72,88). The van der Waals surface area contributed by atoms with Gasteiger partial charge in [-0.25, -0.2) is 5.26 Å². The third kappa shape index (κ3) is 19.1. The van der Waals surface area contributed by atoms with E-state index in [1.165, 1.54) is 37.3 Å². The number of aromatic hydroxyl groups is 1. The lowest BCUT2D eigenvalue weighted by Crippen LogP contribution is -2.64. The number of carbonyl (C=O) groups excluding carboxylic acids is 8. The van der Waals surface area contributed by atoms with Gasteiger partial charge in [0.05, 0.1) is 56.3 Å². The van der Waals surface area contributed by atoms with Crippen molar-refractivity contribution >= 4 is 59.6 Å². The number of para-hydroxylation sites is 1. The maximum atomic E-state index is 14.7. The molecule has 4 heterocycles. The largest absolute Gasteiger partial charge is 0.504 e. The van der Waals surface area contributed by atoms with E-state index in [2.05, 4.69) is 46.2 Å². The first-order chi connectivity index (χ1) is 47.5. The Kier molecular flexibility index (Phi) is 25.3. The number of carbonyl (C=O) groups is 8. The second-order valence-electron chi connectivity index (χ2n) is 24.1. The normalized spacial score (nSPS) is 23.6. The molecule has 8 amide bonds. The van der Waals surface area contributed by atoms with Crippen LogP contribution >= 0.6 is 12.3 Å². The molecule has 13 unspecified atom stereocenters. The number of unbranched alkanes of at least 4 members (excludes halogenated alkanes) is 1. The quantitative estimate of drug-likeness (QED) is 0.0176. The van der Waals surface area contributed by atoms with Crippen molar-refractivity contribution in [3.05, 3.63) is 132 Å². The number of benzene rings is 5. The lowest BCUT2D eigenvalue weighted by Gasteiger charge is -2.33. The number of hydrogen-bond donors (Lipinski definition) is 14. The fourth-order valence-electron chi connectivity index (χ4n) is 11.5. The minimum absolute atomic E-state index is 0.0510. The summed E-state index contributed by atoms with van der Waals surface area (Å²) in [5.41, 5.74) is 8.30. The Morgan fingerprint density at radius 3 is 1.90 bits per heavy atom. The molecule has 99 heavy (non-hydrogen) atoms. The SMILES string of the molecule is CC(O)C1NC(=O)C(NC(=O)c2ccc(-c3nnc(-c4ccc(-c5ccc(OCCCCOc6ccccc6)cc5)cc4)o3)cc2)CC(O)CNC(=O)C2C(O)C(C)CN2C(=O)C(C(O)CC(N)=O)NC(=O)C(C(O)Cc2ccc(O)c(OSOOO)c2)NC(=O)C2CC(O)CN2C1=O. The summed E-state index contributed by atoms with van der Waals surface area (Å²) in [5, 5.41) is 111. The highest BCUT2D eigenvalue weighted by Gasteiger charge is 2.50. The topological polar surface area (TPSA) is 476 Å². The van der Waals surface area contributed by atoms with Crippen LogP contribution in [0, 0.1) is 5.92 Å². The van der Waals surface area contributed by atoms with Crippen molar-refractivity contribution in [2.75, 3.05) is 32.8 Å². The highest BCUT2D eigenvalue weighted by atomic mass is 32.2. The number of aliphatic hydroxyl groups is 6. The lowest BCUT2D eigenvalue weighted by molar-refractivity contribution is -0.433. The maximum absolute atomic E-state index is 14.7. The molecule has 13 atom stereocenters. The number of ether oxygens (including phenoxy) is 2. The van der Waals surface area contributed by atoms with Crippen LogP contribution in [-0.4, -0.2) is 214 Å². The average Bonchev–Trinajstić information content (AvgIpc) is 1.64. The van der Waals surface area contributed by atoms with E-state index in [9.17, 15) is 74.1 Å². The van der Waals surface area contributed by atoms with Gasteiger partial charge in [0, 0.05) is 61.5 Å². The Balaban J connectivity index is 0.925. The summed E-state index contributed by atoms with van der Waals surface area (Å²) in [7, 11) is 0. The molecule has 32 nitrogen and oxygen atoms in total. The number of amides is 8. The Hall–Kier alpha value is -9.81. The van der Waals surface area contributed by atoms with E-state index in [-0.39, 0.29) is 41.0 Å². The highest BCUT2D eigenvalue weighted by molar-refractivity contribution is 7.90. The molecule has 3 aliphatic rings. The summed E-state index contributed by atoms with van der Waals surface area (Å²) < 4.78 is 27.0. The van der Waals surface area contributed by atoms with Crippen molar-refractivity contribution in [1.82, 2.24) is 46.6 Å². The lowest BCUT2D eigenvalue weighted by atomic mass is 9.98. The highest BCUT2D eigenvalue weighted by Crippen LogP contribution is 2.33. The molecule has 0 spiro atoms. The summed E-state index contributed by atoms with van der Waals surface area (Å²) in [5.74, 6) is -9.41. The Morgan fingerprint density at radius 1 is 0.687 bits per heavy atom. The first kappa shape index (κ1) is 73.4. The zero-order valence-corrected chi connectivity index (χ0v) is 54.2. The van der Waals surface area contributed by atoms with Gasteiger partial charge in [0.1, 0.15) is 47.8 Å². The Morgan fingerprint density at radius 2 is 1.27 bits per heavy atom. The van der Waals surface area contributed by atoms with Crippen LogP contribution in [0.3, 0.4) is 0 Å². The van der Waals surface area contributed by atoms with E-state index in [1.807, 2.05) is 78.9 Å². The second kappa shape index (κ2) is 34.1. The van der Waals surface area contributed by atoms with E-state index >= 15 is 0 Å². The number of β-amino-alcohol motifs (C(OH)–C–C–N with tert-alkyl or cyclic N) is 1. The number of nitrogens with one attached hydrogen (secondary N) is 5. The zero-order valence-electron chi connectivity index (χ0n) is 53.4. The van der Waals surface area contributed by atoms with Gasteiger partial charge < -0.3 is 95.9 Å². The van der Waals surface area contributed by atoms with Crippen molar-refractivity contribution in [3.63, 3.8) is 0 Å². The van der Waals surface area contributed by atoms with E-state index < -0.39 is 177 Å². The molecule has 3 fully saturated rings. The van der Waals surface area contributed by atoms with E-state index in [1.54, 1.807) is 0 Å². The summed E-state index contributed by atoms with van der Waals surface area (Å²) in [6, 6.07) is 22.2. The molecule has 33 heteroatoms. The van der Waals surface area contributed by atoms with Crippen molar-refractivity contribution in [2.45, 2.75) is 125 Å². The number of phenolic OH excluding ortho intramolecular Hbond substituents is 1. The molecule has 5 aromatic carbocycles. The van der Waals surface area contributed by atoms with Crippen LogP contribution in [0.4, 0.5) is 0 Å². The molecule has 3 saturated heterocycles. The maximum Gasteiger partial charge on any atom is 0.261 e. The van der Waals surface area contributed by atoms with E-state index in [0.717, 1.165) is 64.3 Å². The molecule has 3 aliphatic heterocycles. The van der Waals surface area contributed by atoms with E-state index in [0.29, 0.717) is 24.3 Å². The first-order valence-corrected chi connectivity index (χ1v) is 32.2. The molecule has 0 saturated carbocycles. The molecule has 0 aliphatic carbocycles. The second-order valence-corrected chi connectivity index (χ2v) is 24.5. The molecule has 528 valence electrons. The summed E-state index contributed by atoms with van der Waals surface area (Å²) in [4.78, 5) is 115. The molecule has 0 radical (unpaired) electrons. The molecular formula is C66H76N10O22S. The first-order valence-electron chi connectivity index (χ1n) is 31.5. The molecule has 0 bridgehead atoms. The minimum Gasteiger partial charge on any atom is -0.504 e. The minimum atomic E-state index is -2.23. The van der Waals surface area contributed by atoms with Gasteiger partial charge in [0.25, 0.3) is 18.2 Å². The van der Waals surface area contributed by atoms with Gasteiger partial charge in [-0.05, 0) is 109 Å². The predicted octanol–water partition coefficient (Wildman–Crippen LogP) is 0.201. The number of nitrogens with two attached hydrogens (primary N) is 1. The number of aliphatic hydroxyl groups excluding tert-OH is 6. The third-order valence-corrected chi connectivity index (χ3v) is 17.1. The van der Waals surface area contributed by atoms with Crippen LogP contribution in [0.25, 0.3) is 34.0 Å². The number of primary amides is 1. The average molecular weight is 1390 g/mol. The summed E-state index contributed by atoms with van der Waals surface area (Å²) >= 11 is 0.0524. The molecule has 1 aromatic heterocycles. The number of rotatable bonds is 23.